The molecule has 0 amide bonds. The fourth-order valence-electron chi connectivity index (χ4n) is 3.26. The predicted octanol–water partition coefficient (Wildman–Crippen LogP) is 4.19. The number of phenols is 2. The van der Waals surface area contributed by atoms with Crippen LogP contribution in [-0.4, -0.2) is 17.3 Å². The van der Waals surface area contributed by atoms with Gasteiger partial charge < -0.3 is 19.7 Å². The van der Waals surface area contributed by atoms with E-state index in [1.165, 1.54) is 0 Å². The van der Waals surface area contributed by atoms with Crippen LogP contribution in [0.2, 0.25) is 0 Å². The minimum Gasteiger partial charge on any atom is -0.508 e. The van der Waals surface area contributed by atoms with Gasteiger partial charge in [-0.25, -0.2) is 0 Å². The number of methoxy groups -OCH3 is 1. The highest BCUT2D eigenvalue weighted by molar-refractivity contribution is 5.43. The Morgan fingerprint density at radius 2 is 1.43 bits per heavy atom. The first-order valence-corrected chi connectivity index (χ1v) is 7.82. The number of benzene rings is 2. The summed E-state index contributed by atoms with van der Waals surface area (Å²) in [5.41, 5.74) is 2.07. The average Bonchev–Trinajstić information content (AvgIpc) is 2.85. The van der Waals surface area contributed by atoms with Gasteiger partial charge in [-0.1, -0.05) is 32.0 Å². The molecular weight excluding hydrogens is 292 g/mol. The molecule has 1 heterocycles. The van der Waals surface area contributed by atoms with Crippen molar-refractivity contribution in [2.45, 2.75) is 26.1 Å². The second-order valence-electron chi connectivity index (χ2n) is 6.22. The molecule has 23 heavy (non-hydrogen) atoms. The number of phenolic OH excluding ortho intramolecular Hbond substituents is 2. The molecule has 2 aromatic carbocycles. The first-order chi connectivity index (χ1) is 11.0. The number of ether oxygens (including phenoxy) is 2. The molecule has 1 aliphatic heterocycles. The zero-order valence-corrected chi connectivity index (χ0v) is 13.6. The van der Waals surface area contributed by atoms with Gasteiger partial charge in [0.2, 0.25) is 0 Å². The molecule has 122 valence electrons. The molecule has 0 radical (unpaired) electrons. The molecule has 4 heteroatoms. The summed E-state index contributed by atoms with van der Waals surface area (Å²) in [6.07, 6.45) is -0.0753. The van der Waals surface area contributed by atoms with Crippen molar-refractivity contribution in [3.05, 3.63) is 53.6 Å². The maximum atomic E-state index is 9.76. The molecule has 3 rings (SSSR count). The Bertz CT molecular complexity index is 680. The Morgan fingerprint density at radius 1 is 0.870 bits per heavy atom. The van der Waals surface area contributed by atoms with Gasteiger partial charge in [-0.2, -0.15) is 0 Å². The average molecular weight is 314 g/mol. The Morgan fingerprint density at radius 3 is 2.04 bits per heavy atom. The van der Waals surface area contributed by atoms with Crippen molar-refractivity contribution in [3.63, 3.8) is 0 Å². The maximum absolute atomic E-state index is 9.76. The lowest BCUT2D eigenvalue weighted by atomic mass is 9.85. The molecule has 0 unspecified atom stereocenters. The zero-order chi connectivity index (χ0) is 16.6. The molecule has 0 saturated carbocycles. The van der Waals surface area contributed by atoms with E-state index in [9.17, 15) is 10.2 Å². The van der Waals surface area contributed by atoms with Crippen LogP contribution < -0.4 is 4.74 Å². The Balaban J connectivity index is 1.89. The molecule has 1 aliphatic rings. The lowest BCUT2D eigenvalue weighted by Crippen LogP contribution is -2.09. The van der Waals surface area contributed by atoms with Gasteiger partial charge in [0.25, 0.3) is 0 Å². The summed E-state index contributed by atoms with van der Waals surface area (Å²) in [5.74, 6) is 1.50. The largest absolute Gasteiger partial charge is 0.508 e. The molecule has 2 aromatic rings. The van der Waals surface area contributed by atoms with E-state index in [1.807, 2.05) is 24.3 Å². The van der Waals surface area contributed by atoms with Crippen molar-refractivity contribution in [1.82, 2.24) is 0 Å². The van der Waals surface area contributed by atoms with E-state index < -0.39 is 0 Å². The smallest absolute Gasteiger partial charge is 0.160 e. The summed E-state index contributed by atoms with van der Waals surface area (Å²) < 4.78 is 11.5. The Kier molecular flexibility index (Phi) is 4.18. The second kappa shape index (κ2) is 6.13. The molecule has 4 atom stereocenters. The summed E-state index contributed by atoms with van der Waals surface area (Å²) >= 11 is 0. The van der Waals surface area contributed by atoms with E-state index in [-0.39, 0.29) is 23.7 Å². The van der Waals surface area contributed by atoms with E-state index in [1.54, 1.807) is 25.3 Å². The lowest BCUT2D eigenvalue weighted by Gasteiger charge is -2.17. The number of rotatable bonds is 3. The molecule has 0 aliphatic carbocycles. The van der Waals surface area contributed by atoms with E-state index in [4.69, 9.17) is 9.47 Å². The molecule has 0 bridgehead atoms. The highest BCUT2D eigenvalue weighted by Crippen LogP contribution is 2.49. The van der Waals surface area contributed by atoms with Gasteiger partial charge in [-0.15, -0.1) is 0 Å². The van der Waals surface area contributed by atoms with Gasteiger partial charge in [-0.05, 0) is 47.2 Å². The SMILES string of the molecule is COc1cc([C@H]2O[C@@H](c3ccc(O)cc3)[C@H](C)[C@@H]2C)ccc1O. The molecule has 1 fully saturated rings. The third kappa shape index (κ3) is 2.86. The van der Waals surface area contributed by atoms with Crippen LogP contribution in [0, 0.1) is 11.8 Å². The van der Waals surface area contributed by atoms with Crippen molar-refractivity contribution >= 4 is 0 Å². The van der Waals surface area contributed by atoms with E-state index in [0.29, 0.717) is 17.6 Å². The van der Waals surface area contributed by atoms with Crippen molar-refractivity contribution in [3.8, 4) is 17.2 Å². The molecular formula is C19H22O4. The Hall–Kier alpha value is -2.20. The normalized spacial score (nSPS) is 27.1. The molecule has 2 N–H and O–H groups in total. The molecule has 4 nitrogen and oxygen atoms in total. The Labute approximate surface area is 136 Å². The third-order valence-corrected chi connectivity index (χ3v) is 4.83. The van der Waals surface area contributed by atoms with Crippen molar-refractivity contribution in [2.24, 2.45) is 11.8 Å². The first-order valence-electron chi connectivity index (χ1n) is 7.82. The maximum Gasteiger partial charge on any atom is 0.160 e. The minimum absolute atomic E-state index is 0.0182. The van der Waals surface area contributed by atoms with Gasteiger partial charge >= 0.3 is 0 Å². The number of aromatic hydroxyl groups is 2. The van der Waals surface area contributed by atoms with Crippen molar-refractivity contribution in [1.29, 1.82) is 0 Å². The highest BCUT2D eigenvalue weighted by atomic mass is 16.5. The summed E-state index contributed by atoms with van der Waals surface area (Å²) in [5, 5.41) is 19.2. The molecule has 1 saturated heterocycles. The number of hydrogen-bond acceptors (Lipinski definition) is 4. The van der Waals surface area contributed by atoms with Gasteiger partial charge in [0.1, 0.15) is 5.75 Å². The van der Waals surface area contributed by atoms with Crippen LogP contribution in [0.1, 0.15) is 37.2 Å². The highest BCUT2D eigenvalue weighted by Gasteiger charge is 2.40. The van der Waals surface area contributed by atoms with E-state index in [0.717, 1.165) is 11.1 Å². The van der Waals surface area contributed by atoms with Gasteiger partial charge in [0.05, 0.1) is 19.3 Å². The van der Waals surface area contributed by atoms with Gasteiger partial charge in [-0.3, -0.25) is 0 Å². The van der Waals surface area contributed by atoms with Crippen LogP contribution in [0.15, 0.2) is 42.5 Å². The summed E-state index contributed by atoms with van der Waals surface area (Å²) in [7, 11) is 1.54. The minimum atomic E-state index is -0.0571. The second-order valence-corrected chi connectivity index (χ2v) is 6.22. The van der Waals surface area contributed by atoms with Gasteiger partial charge in [0, 0.05) is 0 Å². The van der Waals surface area contributed by atoms with Crippen LogP contribution in [0.25, 0.3) is 0 Å². The number of hydrogen-bond donors (Lipinski definition) is 2. The van der Waals surface area contributed by atoms with E-state index >= 15 is 0 Å². The summed E-state index contributed by atoms with van der Waals surface area (Å²) in [6, 6.07) is 12.5. The van der Waals surface area contributed by atoms with Crippen LogP contribution in [-0.2, 0) is 4.74 Å². The van der Waals surface area contributed by atoms with Crippen molar-refractivity contribution < 1.29 is 19.7 Å². The third-order valence-electron chi connectivity index (χ3n) is 4.83. The summed E-state index contributed by atoms with van der Waals surface area (Å²) in [6.45, 7) is 4.36. The van der Waals surface area contributed by atoms with E-state index in [2.05, 4.69) is 13.8 Å². The summed E-state index contributed by atoms with van der Waals surface area (Å²) in [4.78, 5) is 0. The topological polar surface area (TPSA) is 58.9 Å². The zero-order valence-electron chi connectivity index (χ0n) is 13.6. The van der Waals surface area contributed by atoms with Gasteiger partial charge in [0.15, 0.2) is 11.5 Å². The molecule has 0 aromatic heterocycles. The quantitative estimate of drug-likeness (QED) is 0.892. The monoisotopic (exact) mass is 314 g/mol. The van der Waals surface area contributed by atoms with Crippen LogP contribution in [0.5, 0.6) is 17.2 Å². The predicted molar refractivity (Wildman–Crippen MR) is 87.7 cm³/mol. The first kappa shape index (κ1) is 15.7. The fourth-order valence-corrected chi connectivity index (χ4v) is 3.26. The van der Waals surface area contributed by atoms with Crippen LogP contribution in [0.3, 0.4) is 0 Å². The van der Waals surface area contributed by atoms with Crippen LogP contribution in [0.4, 0.5) is 0 Å². The fraction of sp³-hybridized carbons (Fsp3) is 0.368. The van der Waals surface area contributed by atoms with Crippen molar-refractivity contribution in [2.75, 3.05) is 7.11 Å². The van der Waals surface area contributed by atoms with Crippen LogP contribution >= 0.6 is 0 Å². The lowest BCUT2D eigenvalue weighted by molar-refractivity contribution is 0.0289. The molecule has 0 spiro atoms. The standard InChI is InChI=1S/C19H22O4/c1-11-12(2)19(14-6-9-16(21)17(10-14)22-3)23-18(11)13-4-7-15(20)8-5-13/h4-12,18-21H,1-3H3/t11-,12+,18-,19+/m1/s1.